The van der Waals surface area contributed by atoms with E-state index in [1.54, 1.807) is 47.5 Å². The molecule has 3 aromatic heterocycles. The number of hydrogen-bond acceptors (Lipinski definition) is 8. The highest BCUT2D eigenvalue weighted by Gasteiger charge is 2.34. The van der Waals surface area contributed by atoms with Gasteiger partial charge in [-0.15, -0.1) is 21.5 Å². The Morgan fingerprint density at radius 1 is 1.21 bits per heavy atom. The number of nitrogens with zero attached hydrogens (tertiary/aromatic N) is 4. The Balaban J connectivity index is 1.22. The van der Waals surface area contributed by atoms with E-state index < -0.39 is 0 Å². The van der Waals surface area contributed by atoms with Crippen molar-refractivity contribution in [1.82, 2.24) is 20.1 Å². The third-order valence-corrected chi connectivity index (χ3v) is 6.44. The van der Waals surface area contributed by atoms with Crippen LogP contribution in [0, 0.1) is 6.92 Å². The van der Waals surface area contributed by atoms with Crippen molar-refractivity contribution in [2.75, 3.05) is 5.32 Å². The van der Waals surface area contributed by atoms with Crippen LogP contribution in [0.15, 0.2) is 50.8 Å². The normalized spacial score (nSPS) is 13.1. The fourth-order valence-electron chi connectivity index (χ4n) is 3.47. The van der Waals surface area contributed by atoms with Crippen LogP contribution >= 0.6 is 22.9 Å². The predicted octanol–water partition coefficient (Wildman–Crippen LogP) is 4.73. The average Bonchev–Trinajstić information content (AvgIpc) is 3.17. The molecule has 0 bridgehead atoms. The van der Waals surface area contributed by atoms with Gasteiger partial charge in [-0.2, -0.15) is 0 Å². The lowest BCUT2D eigenvalue weighted by Gasteiger charge is -2.20. The Bertz CT molecular complexity index is 1330. The number of carbonyl (C=O) groups excluding carboxylic acids is 2. The van der Waals surface area contributed by atoms with Crippen LogP contribution in [0.25, 0.3) is 11.5 Å². The van der Waals surface area contributed by atoms with E-state index in [2.05, 4.69) is 20.5 Å². The molecule has 1 aliphatic rings. The summed E-state index contributed by atoms with van der Waals surface area (Å²) in [6, 6.07) is 8.86. The monoisotopic (exact) mass is 497 g/mol. The summed E-state index contributed by atoms with van der Waals surface area (Å²) in [5.41, 5.74) is 1.80. The lowest BCUT2D eigenvalue weighted by molar-refractivity contribution is -0.132. The van der Waals surface area contributed by atoms with E-state index in [1.165, 1.54) is 17.6 Å². The van der Waals surface area contributed by atoms with Crippen LogP contribution in [-0.2, 0) is 17.8 Å². The first-order valence-corrected chi connectivity index (χ1v) is 11.9. The number of anilines is 1. The van der Waals surface area contributed by atoms with Crippen molar-refractivity contribution >= 4 is 39.9 Å². The second-order valence-electron chi connectivity index (χ2n) is 7.93. The first-order valence-electron chi connectivity index (χ1n) is 10.6. The van der Waals surface area contributed by atoms with E-state index in [0.717, 1.165) is 18.4 Å². The van der Waals surface area contributed by atoms with Crippen molar-refractivity contribution in [3.8, 4) is 11.5 Å². The van der Waals surface area contributed by atoms with Crippen molar-refractivity contribution in [2.24, 2.45) is 0 Å². The molecule has 9 nitrogen and oxygen atoms in total. The van der Waals surface area contributed by atoms with Crippen molar-refractivity contribution in [3.05, 3.63) is 69.9 Å². The lowest BCUT2D eigenvalue weighted by atomic mass is 10.2. The van der Waals surface area contributed by atoms with Crippen molar-refractivity contribution in [3.63, 3.8) is 0 Å². The minimum absolute atomic E-state index is 0.0809. The van der Waals surface area contributed by atoms with Gasteiger partial charge in [0.25, 0.3) is 5.91 Å². The minimum Gasteiger partial charge on any atom is -0.469 e. The lowest BCUT2D eigenvalue weighted by Crippen LogP contribution is -2.34. The number of benzene rings is 1. The molecular formula is C23H20ClN5O4S. The van der Waals surface area contributed by atoms with Crippen molar-refractivity contribution < 1.29 is 18.4 Å². The zero-order valence-electron chi connectivity index (χ0n) is 18.2. The number of amides is 2. The molecule has 1 aliphatic carbocycles. The van der Waals surface area contributed by atoms with Gasteiger partial charge in [0.05, 0.1) is 30.5 Å². The summed E-state index contributed by atoms with van der Waals surface area (Å²) in [4.78, 5) is 31.6. The molecule has 11 heteroatoms. The molecule has 5 rings (SSSR count). The van der Waals surface area contributed by atoms with Gasteiger partial charge in [-0.25, -0.2) is 4.98 Å². The number of aryl methyl sites for hydroxylation is 1. The van der Waals surface area contributed by atoms with Crippen LogP contribution in [0.5, 0.6) is 0 Å². The molecule has 174 valence electrons. The van der Waals surface area contributed by atoms with Crippen LogP contribution in [-0.4, -0.2) is 37.9 Å². The molecule has 0 aliphatic heterocycles. The van der Waals surface area contributed by atoms with Gasteiger partial charge in [-0.1, -0.05) is 11.6 Å². The molecule has 0 saturated heterocycles. The summed E-state index contributed by atoms with van der Waals surface area (Å²) in [5.74, 6) is 0.896. The predicted molar refractivity (Wildman–Crippen MR) is 126 cm³/mol. The maximum Gasteiger partial charge on any atom is 0.260 e. The van der Waals surface area contributed by atoms with Crippen LogP contribution in [0.1, 0.15) is 40.5 Å². The summed E-state index contributed by atoms with van der Waals surface area (Å²) >= 11 is 7.20. The summed E-state index contributed by atoms with van der Waals surface area (Å²) in [7, 11) is 0. The van der Waals surface area contributed by atoms with Gasteiger partial charge in [0.1, 0.15) is 5.76 Å². The molecule has 0 atom stereocenters. The smallest absolute Gasteiger partial charge is 0.260 e. The molecule has 34 heavy (non-hydrogen) atoms. The minimum atomic E-state index is -0.300. The highest BCUT2D eigenvalue weighted by molar-refractivity contribution is 7.14. The average molecular weight is 498 g/mol. The van der Waals surface area contributed by atoms with Crippen LogP contribution in [0.4, 0.5) is 5.13 Å². The molecule has 0 unspecified atom stereocenters. The van der Waals surface area contributed by atoms with E-state index >= 15 is 0 Å². The zero-order chi connectivity index (χ0) is 23.7. The third kappa shape index (κ3) is 5.02. The van der Waals surface area contributed by atoms with Gasteiger partial charge < -0.3 is 13.7 Å². The molecule has 1 N–H and O–H groups in total. The fraction of sp³-hybridized carbons (Fsp3) is 0.261. The summed E-state index contributed by atoms with van der Waals surface area (Å²) in [6.45, 7) is 1.95. The number of thiazole rings is 1. The van der Waals surface area contributed by atoms with E-state index in [9.17, 15) is 9.59 Å². The largest absolute Gasteiger partial charge is 0.469 e. The number of furan rings is 1. The molecule has 1 aromatic carbocycles. The number of halogens is 1. The van der Waals surface area contributed by atoms with Gasteiger partial charge in [0, 0.05) is 22.0 Å². The number of rotatable bonds is 8. The molecule has 1 fully saturated rings. The van der Waals surface area contributed by atoms with Gasteiger partial charge in [-0.3, -0.25) is 14.9 Å². The molecule has 0 radical (unpaired) electrons. The topological polar surface area (TPSA) is 114 Å². The Hall–Kier alpha value is -3.50. The van der Waals surface area contributed by atoms with Crippen LogP contribution < -0.4 is 5.32 Å². The van der Waals surface area contributed by atoms with Crippen molar-refractivity contribution in [2.45, 2.75) is 38.8 Å². The van der Waals surface area contributed by atoms with Gasteiger partial charge in [0.2, 0.25) is 17.7 Å². The molecule has 0 spiro atoms. The molecular weight excluding hydrogens is 478 g/mol. The highest BCUT2D eigenvalue weighted by Crippen LogP contribution is 2.30. The quantitative estimate of drug-likeness (QED) is 0.374. The van der Waals surface area contributed by atoms with Crippen LogP contribution in [0.2, 0.25) is 5.02 Å². The molecule has 2 amide bonds. The first kappa shape index (κ1) is 22.3. The SMILES string of the molecule is Cc1occc1C(=O)Nc1nc(CC(=O)N(Cc2nnc(-c3ccc(Cl)cc3)o2)C2CC2)cs1. The van der Waals surface area contributed by atoms with Gasteiger partial charge in [-0.05, 0) is 50.1 Å². The van der Waals surface area contributed by atoms with Crippen molar-refractivity contribution in [1.29, 1.82) is 0 Å². The number of carbonyl (C=O) groups is 2. The van der Waals surface area contributed by atoms with Crippen LogP contribution in [0.3, 0.4) is 0 Å². The summed E-state index contributed by atoms with van der Waals surface area (Å²) in [6.07, 6.45) is 3.45. The maximum atomic E-state index is 13.1. The summed E-state index contributed by atoms with van der Waals surface area (Å²) in [5, 5.41) is 13.8. The van der Waals surface area contributed by atoms with E-state index in [4.69, 9.17) is 20.4 Å². The molecule has 1 saturated carbocycles. The Kier molecular flexibility index (Phi) is 6.16. The Labute approximate surface area is 203 Å². The Morgan fingerprint density at radius 3 is 2.71 bits per heavy atom. The number of nitrogens with one attached hydrogen (secondary N) is 1. The first-order chi connectivity index (χ1) is 16.5. The van der Waals surface area contributed by atoms with Gasteiger partial charge >= 0.3 is 0 Å². The zero-order valence-corrected chi connectivity index (χ0v) is 19.7. The number of aromatic nitrogens is 3. The standard InChI is InChI=1S/C23H20ClN5O4S/c1-13-18(8-9-32-13)21(31)26-23-25-16(12-34-23)10-20(30)29(17-6-7-17)11-19-27-28-22(33-19)14-2-4-15(24)5-3-14/h2-5,8-9,12,17H,6-7,10-11H2,1H3,(H,25,26,31). The second kappa shape index (κ2) is 9.40. The van der Waals surface area contributed by atoms with E-state index in [1.807, 2.05) is 0 Å². The second-order valence-corrected chi connectivity index (χ2v) is 9.22. The number of hydrogen-bond donors (Lipinski definition) is 1. The molecule has 4 aromatic rings. The highest BCUT2D eigenvalue weighted by atomic mass is 35.5. The summed E-state index contributed by atoms with van der Waals surface area (Å²) < 4.78 is 10.9. The maximum absolute atomic E-state index is 13.1. The molecule has 3 heterocycles. The Morgan fingerprint density at radius 2 is 2.00 bits per heavy atom. The van der Waals surface area contributed by atoms with E-state index in [-0.39, 0.29) is 30.8 Å². The van der Waals surface area contributed by atoms with E-state index in [0.29, 0.717) is 39.0 Å². The fourth-order valence-corrected chi connectivity index (χ4v) is 4.30. The van der Waals surface area contributed by atoms with Gasteiger partial charge in [0.15, 0.2) is 5.13 Å². The third-order valence-electron chi connectivity index (χ3n) is 5.38.